The van der Waals surface area contributed by atoms with Crippen LogP contribution in [0, 0.1) is 0 Å². The van der Waals surface area contributed by atoms with Gasteiger partial charge in [-0.05, 0) is 42.5 Å². The Morgan fingerprint density at radius 2 is 2.04 bits per heavy atom. The Balaban J connectivity index is 2.09. The van der Waals surface area contributed by atoms with Gasteiger partial charge in [-0.3, -0.25) is 9.59 Å². The third kappa shape index (κ3) is 3.62. The number of nitrogens with zero attached hydrogens (tertiary/aromatic N) is 1. The molecule has 1 aliphatic rings. The lowest BCUT2D eigenvalue weighted by Crippen LogP contribution is -2.32. The zero-order valence-corrected chi connectivity index (χ0v) is 16.7. The van der Waals surface area contributed by atoms with E-state index in [-0.39, 0.29) is 22.9 Å². The van der Waals surface area contributed by atoms with E-state index in [1.54, 1.807) is 36.6 Å². The summed E-state index contributed by atoms with van der Waals surface area (Å²) in [5.41, 5.74) is 0.673. The average Bonchev–Trinajstić information content (AvgIpc) is 3.30. The highest BCUT2D eigenvalue weighted by atomic mass is 32.1. The maximum Gasteiger partial charge on any atom is 0.290 e. The van der Waals surface area contributed by atoms with Gasteiger partial charge < -0.3 is 19.8 Å². The number of ketones is 1. The highest BCUT2D eigenvalue weighted by molar-refractivity contribution is 7.12. The highest BCUT2D eigenvalue weighted by Gasteiger charge is 2.43. The normalized spacial score (nSPS) is 16.7. The van der Waals surface area contributed by atoms with E-state index in [2.05, 4.69) is 0 Å². The first-order valence-corrected chi connectivity index (χ1v) is 10.2. The predicted molar refractivity (Wildman–Crippen MR) is 107 cm³/mol. The number of phenolic OH excluding ortho intramolecular Hbond substituents is 1. The van der Waals surface area contributed by atoms with E-state index in [0.717, 1.165) is 12.8 Å². The third-order valence-electron chi connectivity index (χ3n) is 4.65. The molecule has 6 nitrogen and oxygen atoms in total. The molecule has 0 fully saturated rings. The summed E-state index contributed by atoms with van der Waals surface area (Å²) >= 11 is 1.26. The minimum atomic E-state index is -0.728. The number of aromatic hydroxyl groups is 1. The summed E-state index contributed by atoms with van der Waals surface area (Å²) in [7, 11) is 0. The summed E-state index contributed by atoms with van der Waals surface area (Å²) in [6.45, 7) is 4.59. The van der Waals surface area contributed by atoms with Crippen LogP contribution in [0.3, 0.4) is 0 Å². The lowest BCUT2D eigenvalue weighted by molar-refractivity contribution is -0.129. The van der Waals surface area contributed by atoms with Crippen molar-refractivity contribution in [2.24, 2.45) is 0 Å². The fourth-order valence-corrected chi connectivity index (χ4v) is 3.98. The van der Waals surface area contributed by atoms with E-state index in [1.807, 2.05) is 6.92 Å². The van der Waals surface area contributed by atoms with E-state index in [0.29, 0.717) is 23.6 Å². The Hall–Kier alpha value is -2.80. The van der Waals surface area contributed by atoms with Crippen LogP contribution >= 0.6 is 11.3 Å². The first-order chi connectivity index (χ1) is 13.5. The molecule has 0 bridgehead atoms. The molecule has 0 radical (unpaired) electrons. The highest BCUT2D eigenvalue weighted by Crippen LogP contribution is 2.42. The molecule has 0 spiro atoms. The van der Waals surface area contributed by atoms with Crippen LogP contribution in [0.4, 0.5) is 0 Å². The molecule has 148 valence electrons. The van der Waals surface area contributed by atoms with Crippen molar-refractivity contribution in [1.82, 2.24) is 4.90 Å². The smallest absolute Gasteiger partial charge is 0.290 e. The van der Waals surface area contributed by atoms with Gasteiger partial charge in [0.2, 0.25) is 5.78 Å². The SMILES string of the molecule is CCCCN1C(=O)C(O)=C(C(=O)c2cccs2)C1c1ccc(O)c(OCC)c1. The summed E-state index contributed by atoms with van der Waals surface area (Å²) in [5, 5.41) is 22.3. The van der Waals surface area contributed by atoms with Crippen molar-refractivity contribution >= 4 is 23.0 Å². The fourth-order valence-electron chi connectivity index (χ4n) is 3.30. The van der Waals surface area contributed by atoms with E-state index < -0.39 is 17.7 Å². The van der Waals surface area contributed by atoms with Crippen LogP contribution in [0.2, 0.25) is 0 Å². The van der Waals surface area contributed by atoms with Crippen molar-refractivity contribution in [2.75, 3.05) is 13.2 Å². The summed E-state index contributed by atoms with van der Waals surface area (Å²) in [6.07, 6.45) is 1.61. The molecular formula is C21H23NO5S. The number of carbonyl (C=O) groups is 2. The molecule has 1 atom stereocenters. The van der Waals surface area contributed by atoms with Gasteiger partial charge in [0.1, 0.15) is 0 Å². The van der Waals surface area contributed by atoms with Crippen LogP contribution in [0.1, 0.15) is 48.0 Å². The summed E-state index contributed by atoms with van der Waals surface area (Å²) in [5.74, 6) is -1.17. The Morgan fingerprint density at radius 1 is 1.25 bits per heavy atom. The van der Waals surface area contributed by atoms with Crippen LogP contribution in [-0.2, 0) is 4.79 Å². The third-order valence-corrected chi connectivity index (χ3v) is 5.51. The van der Waals surface area contributed by atoms with Gasteiger partial charge in [0.15, 0.2) is 17.3 Å². The zero-order chi connectivity index (χ0) is 20.3. The van der Waals surface area contributed by atoms with Crippen LogP contribution < -0.4 is 4.74 Å². The van der Waals surface area contributed by atoms with Crippen LogP contribution in [-0.4, -0.2) is 40.0 Å². The lowest BCUT2D eigenvalue weighted by Gasteiger charge is -2.27. The Kier molecular flexibility index (Phi) is 6.04. The molecule has 2 aromatic rings. The van der Waals surface area contributed by atoms with E-state index in [9.17, 15) is 19.8 Å². The van der Waals surface area contributed by atoms with Gasteiger partial charge >= 0.3 is 0 Å². The van der Waals surface area contributed by atoms with Crippen molar-refractivity contribution in [3.63, 3.8) is 0 Å². The second-order valence-electron chi connectivity index (χ2n) is 6.48. The molecule has 0 aliphatic carbocycles. The van der Waals surface area contributed by atoms with Gasteiger partial charge in [-0.1, -0.05) is 25.5 Å². The number of ether oxygens (including phenoxy) is 1. The molecule has 1 unspecified atom stereocenters. The average molecular weight is 401 g/mol. The van der Waals surface area contributed by atoms with Crippen molar-refractivity contribution < 1.29 is 24.5 Å². The molecule has 7 heteroatoms. The van der Waals surface area contributed by atoms with Crippen molar-refractivity contribution in [3.8, 4) is 11.5 Å². The summed E-state index contributed by atoms with van der Waals surface area (Å²) in [6, 6.07) is 7.44. The number of hydrogen-bond acceptors (Lipinski definition) is 6. The van der Waals surface area contributed by atoms with Gasteiger partial charge in [0, 0.05) is 6.54 Å². The van der Waals surface area contributed by atoms with Crippen molar-refractivity contribution in [2.45, 2.75) is 32.7 Å². The second-order valence-corrected chi connectivity index (χ2v) is 7.43. The fraction of sp³-hybridized carbons (Fsp3) is 0.333. The van der Waals surface area contributed by atoms with Crippen LogP contribution in [0.5, 0.6) is 11.5 Å². The quantitative estimate of drug-likeness (QED) is 0.647. The predicted octanol–water partition coefficient (Wildman–Crippen LogP) is 4.23. The molecule has 0 saturated heterocycles. The first kappa shape index (κ1) is 19.9. The van der Waals surface area contributed by atoms with Crippen molar-refractivity contribution in [3.05, 3.63) is 57.5 Å². The molecule has 0 saturated carbocycles. The molecule has 1 aromatic heterocycles. The number of carbonyl (C=O) groups excluding carboxylic acids is 2. The summed E-state index contributed by atoms with van der Waals surface area (Å²) in [4.78, 5) is 27.8. The first-order valence-electron chi connectivity index (χ1n) is 9.27. The number of unbranched alkanes of at least 4 members (excludes halogenated alkanes) is 1. The maximum absolute atomic E-state index is 13.1. The van der Waals surface area contributed by atoms with Gasteiger partial charge in [-0.15, -0.1) is 11.3 Å². The minimum absolute atomic E-state index is 0.0191. The maximum atomic E-state index is 13.1. The number of aliphatic hydroxyl groups is 1. The number of hydrogen-bond donors (Lipinski definition) is 2. The summed E-state index contributed by atoms with van der Waals surface area (Å²) < 4.78 is 5.46. The molecule has 3 rings (SSSR count). The number of Topliss-reactive ketones (excluding diaryl/α,β-unsaturated/α-hetero) is 1. The Morgan fingerprint density at radius 3 is 2.68 bits per heavy atom. The van der Waals surface area contributed by atoms with Gasteiger partial charge in [0.25, 0.3) is 5.91 Å². The van der Waals surface area contributed by atoms with Gasteiger partial charge in [-0.25, -0.2) is 0 Å². The Bertz CT molecular complexity index is 904. The largest absolute Gasteiger partial charge is 0.504 e. The molecule has 2 heterocycles. The number of thiophene rings is 1. The monoisotopic (exact) mass is 401 g/mol. The molecule has 1 aliphatic heterocycles. The number of aliphatic hydroxyl groups excluding tert-OH is 1. The molecule has 1 aromatic carbocycles. The number of rotatable bonds is 8. The topological polar surface area (TPSA) is 87.1 Å². The van der Waals surface area contributed by atoms with E-state index >= 15 is 0 Å². The minimum Gasteiger partial charge on any atom is -0.504 e. The van der Waals surface area contributed by atoms with Crippen LogP contribution in [0.25, 0.3) is 0 Å². The Labute approximate surface area is 167 Å². The number of phenols is 1. The van der Waals surface area contributed by atoms with E-state index in [4.69, 9.17) is 4.74 Å². The number of amides is 1. The van der Waals surface area contributed by atoms with Gasteiger partial charge in [0.05, 0.1) is 23.1 Å². The van der Waals surface area contributed by atoms with E-state index in [1.165, 1.54) is 22.3 Å². The molecule has 2 N–H and O–H groups in total. The molecular weight excluding hydrogens is 378 g/mol. The second kappa shape index (κ2) is 8.48. The lowest BCUT2D eigenvalue weighted by atomic mass is 9.95. The van der Waals surface area contributed by atoms with Crippen molar-refractivity contribution in [1.29, 1.82) is 0 Å². The standard InChI is InChI=1S/C21H23NO5S/c1-3-5-10-22-18(13-8-9-14(23)15(12-13)27-4-2)17(20(25)21(22)26)19(24)16-7-6-11-28-16/h6-9,11-12,18,23,25H,3-5,10H2,1-2H3. The number of benzene rings is 1. The van der Waals surface area contributed by atoms with Crippen LogP contribution in [0.15, 0.2) is 47.0 Å². The van der Waals surface area contributed by atoms with Gasteiger partial charge in [-0.2, -0.15) is 0 Å². The molecule has 1 amide bonds. The zero-order valence-electron chi connectivity index (χ0n) is 15.8. The molecule has 28 heavy (non-hydrogen) atoms.